The summed E-state index contributed by atoms with van der Waals surface area (Å²) in [5.74, 6) is 0.171. The first kappa shape index (κ1) is 19.4. The van der Waals surface area contributed by atoms with E-state index in [0.717, 1.165) is 60.2 Å². The molecular formula is C24H31N5O. The fourth-order valence-corrected chi connectivity index (χ4v) is 5.09. The number of benzene rings is 1. The van der Waals surface area contributed by atoms with Crippen LogP contribution in [0.2, 0.25) is 0 Å². The Kier molecular flexibility index (Phi) is 4.51. The number of hydrogen-bond donors (Lipinski definition) is 2. The van der Waals surface area contributed by atoms with Gasteiger partial charge in [0, 0.05) is 34.9 Å². The fourth-order valence-electron chi connectivity index (χ4n) is 5.09. The maximum absolute atomic E-state index is 13.0. The standard InChI is InChI=1S/C24H31N5O/c1-24(2)10-9-17-20(14-24)26-27-22(17)19-12-15-7-8-16(13-18(15)25-19)29(4)23(30)21-6-5-11-28(21)3/h7-8,12-13,21,25H,5-6,9-11,14H2,1-4H3,(H,26,27)/t21-/m0/s1. The molecule has 1 amide bonds. The molecule has 0 unspecified atom stereocenters. The number of carbonyl (C=O) groups excluding carboxylic acids is 1. The average Bonchev–Trinajstić information content (AvgIpc) is 3.42. The number of fused-ring (bicyclic) bond motifs is 2. The van der Waals surface area contributed by atoms with Crippen LogP contribution in [0.25, 0.3) is 22.3 Å². The lowest BCUT2D eigenvalue weighted by Crippen LogP contribution is -2.42. The third-order valence-electron chi connectivity index (χ3n) is 7.04. The monoisotopic (exact) mass is 405 g/mol. The minimum absolute atomic E-state index is 0.00951. The quantitative estimate of drug-likeness (QED) is 0.688. The molecule has 2 aromatic heterocycles. The molecule has 6 nitrogen and oxygen atoms in total. The maximum Gasteiger partial charge on any atom is 0.244 e. The van der Waals surface area contributed by atoms with E-state index in [2.05, 4.69) is 52.1 Å². The predicted molar refractivity (Wildman–Crippen MR) is 121 cm³/mol. The lowest BCUT2D eigenvalue weighted by atomic mass is 9.76. The van der Waals surface area contributed by atoms with Crippen molar-refractivity contribution >= 4 is 22.5 Å². The number of carbonyl (C=O) groups is 1. The molecule has 1 atom stereocenters. The second-order valence-corrected chi connectivity index (χ2v) is 9.86. The highest BCUT2D eigenvalue weighted by molar-refractivity contribution is 5.99. The van der Waals surface area contributed by atoms with Crippen LogP contribution >= 0.6 is 0 Å². The van der Waals surface area contributed by atoms with E-state index < -0.39 is 0 Å². The van der Waals surface area contributed by atoms with Gasteiger partial charge in [-0.25, -0.2) is 0 Å². The molecule has 0 radical (unpaired) electrons. The van der Waals surface area contributed by atoms with E-state index in [9.17, 15) is 4.79 Å². The highest BCUT2D eigenvalue weighted by atomic mass is 16.2. The van der Waals surface area contributed by atoms with Crippen LogP contribution in [0.4, 0.5) is 5.69 Å². The molecule has 1 aromatic carbocycles. The summed E-state index contributed by atoms with van der Waals surface area (Å²) in [5, 5.41) is 9.07. The first-order chi connectivity index (χ1) is 14.3. The number of hydrogen-bond acceptors (Lipinski definition) is 3. The van der Waals surface area contributed by atoms with Crippen LogP contribution in [0.3, 0.4) is 0 Å². The molecule has 2 N–H and O–H groups in total. The lowest BCUT2D eigenvalue weighted by molar-refractivity contribution is -0.122. The van der Waals surface area contributed by atoms with Crippen molar-refractivity contribution in [3.8, 4) is 11.4 Å². The number of nitrogens with one attached hydrogen (secondary N) is 2. The van der Waals surface area contributed by atoms with Gasteiger partial charge in [-0.1, -0.05) is 19.9 Å². The van der Waals surface area contributed by atoms with Crippen LogP contribution in [0, 0.1) is 5.41 Å². The van der Waals surface area contributed by atoms with Crippen LogP contribution < -0.4 is 4.90 Å². The molecule has 0 bridgehead atoms. The van der Waals surface area contributed by atoms with Gasteiger partial charge in [0.05, 0.1) is 11.7 Å². The number of amides is 1. The molecule has 1 saturated heterocycles. The normalized spacial score (nSPS) is 21.1. The summed E-state index contributed by atoms with van der Waals surface area (Å²) < 4.78 is 0. The average molecular weight is 406 g/mol. The summed E-state index contributed by atoms with van der Waals surface area (Å²) in [6.07, 6.45) is 5.31. The van der Waals surface area contributed by atoms with Crippen molar-refractivity contribution in [2.45, 2.75) is 52.0 Å². The van der Waals surface area contributed by atoms with Crippen LogP contribution in [0.1, 0.15) is 44.4 Å². The first-order valence-electron chi connectivity index (χ1n) is 11.0. The molecule has 3 aromatic rings. The van der Waals surface area contributed by atoms with Gasteiger partial charge in [-0.15, -0.1) is 0 Å². The van der Waals surface area contributed by atoms with Gasteiger partial charge >= 0.3 is 0 Å². The smallest absolute Gasteiger partial charge is 0.244 e. The number of likely N-dealkylation sites (tertiary alicyclic amines) is 1. The van der Waals surface area contributed by atoms with Gasteiger partial charge in [0.2, 0.25) is 5.91 Å². The van der Waals surface area contributed by atoms with Gasteiger partial charge < -0.3 is 9.88 Å². The lowest BCUT2D eigenvalue weighted by Gasteiger charge is -2.28. The van der Waals surface area contributed by atoms with Crippen molar-refractivity contribution in [2.75, 3.05) is 25.5 Å². The van der Waals surface area contributed by atoms with Gasteiger partial charge in [0.1, 0.15) is 5.69 Å². The zero-order valence-corrected chi connectivity index (χ0v) is 18.4. The van der Waals surface area contributed by atoms with E-state index in [0.29, 0.717) is 5.41 Å². The fraction of sp³-hybridized carbons (Fsp3) is 0.500. The molecule has 1 fully saturated rings. The van der Waals surface area contributed by atoms with Gasteiger partial charge in [-0.2, -0.15) is 5.10 Å². The van der Waals surface area contributed by atoms with Crippen LogP contribution in [0.5, 0.6) is 0 Å². The van der Waals surface area contributed by atoms with Crippen LogP contribution in [-0.2, 0) is 17.6 Å². The molecule has 0 saturated carbocycles. The molecule has 158 valence electrons. The SMILES string of the molecule is CN(C(=O)[C@@H]1CCCN1C)c1ccc2cc(-c3n[nH]c4c3CCC(C)(C)C4)[nH]c2c1. The molecule has 2 aliphatic rings. The van der Waals surface area contributed by atoms with E-state index in [4.69, 9.17) is 0 Å². The topological polar surface area (TPSA) is 68.0 Å². The maximum atomic E-state index is 13.0. The Hall–Kier alpha value is -2.60. The number of anilines is 1. The molecule has 1 aliphatic heterocycles. The van der Waals surface area contributed by atoms with Gasteiger partial charge in [0.25, 0.3) is 0 Å². The first-order valence-corrected chi connectivity index (χ1v) is 11.0. The van der Waals surface area contributed by atoms with E-state index in [-0.39, 0.29) is 11.9 Å². The molecule has 3 heterocycles. The minimum atomic E-state index is -0.00951. The van der Waals surface area contributed by atoms with Crippen molar-refractivity contribution < 1.29 is 4.79 Å². The predicted octanol–water partition coefficient (Wildman–Crippen LogP) is 4.13. The van der Waals surface area contributed by atoms with E-state index >= 15 is 0 Å². The Labute approximate surface area is 177 Å². The number of aromatic amines is 2. The summed E-state index contributed by atoms with van der Waals surface area (Å²) in [5.41, 5.74) is 6.99. The second kappa shape index (κ2) is 6.98. The van der Waals surface area contributed by atoms with E-state index in [1.807, 2.05) is 20.2 Å². The Morgan fingerprint density at radius 1 is 1.30 bits per heavy atom. The molecular weight excluding hydrogens is 374 g/mol. The Morgan fingerprint density at radius 2 is 2.13 bits per heavy atom. The third-order valence-corrected chi connectivity index (χ3v) is 7.04. The Bertz CT molecular complexity index is 1110. The van der Waals surface area contributed by atoms with Crippen molar-refractivity contribution in [1.29, 1.82) is 0 Å². The summed E-state index contributed by atoms with van der Waals surface area (Å²) in [7, 11) is 3.92. The third kappa shape index (κ3) is 3.23. The zero-order valence-electron chi connectivity index (χ0n) is 18.4. The van der Waals surface area contributed by atoms with E-state index in [1.165, 1.54) is 17.7 Å². The second-order valence-electron chi connectivity index (χ2n) is 9.86. The van der Waals surface area contributed by atoms with Gasteiger partial charge in [-0.05, 0) is 69.3 Å². The van der Waals surface area contributed by atoms with Crippen molar-refractivity contribution in [1.82, 2.24) is 20.1 Å². The number of H-pyrrole nitrogens is 2. The summed E-state index contributed by atoms with van der Waals surface area (Å²) >= 11 is 0. The minimum Gasteiger partial charge on any atom is -0.353 e. The zero-order chi connectivity index (χ0) is 21.0. The van der Waals surface area contributed by atoms with Crippen molar-refractivity contribution in [3.63, 3.8) is 0 Å². The van der Waals surface area contributed by atoms with E-state index in [1.54, 1.807) is 4.90 Å². The summed E-state index contributed by atoms with van der Waals surface area (Å²) in [4.78, 5) is 20.5. The van der Waals surface area contributed by atoms with Crippen LogP contribution in [-0.4, -0.2) is 52.7 Å². The molecule has 6 heteroatoms. The summed E-state index contributed by atoms with van der Waals surface area (Å²) in [6.45, 7) is 5.64. The molecule has 0 spiro atoms. The number of rotatable bonds is 3. The number of aromatic nitrogens is 3. The number of likely N-dealkylation sites (N-methyl/N-ethyl adjacent to an activating group) is 2. The van der Waals surface area contributed by atoms with Crippen molar-refractivity contribution in [2.24, 2.45) is 5.41 Å². The molecule has 5 rings (SSSR count). The Morgan fingerprint density at radius 3 is 2.90 bits per heavy atom. The van der Waals surface area contributed by atoms with Gasteiger partial charge in [0.15, 0.2) is 0 Å². The van der Waals surface area contributed by atoms with Crippen molar-refractivity contribution in [3.05, 3.63) is 35.5 Å². The summed E-state index contributed by atoms with van der Waals surface area (Å²) in [6, 6.07) is 8.37. The number of nitrogens with zero attached hydrogens (tertiary/aromatic N) is 3. The van der Waals surface area contributed by atoms with Crippen LogP contribution in [0.15, 0.2) is 24.3 Å². The highest BCUT2D eigenvalue weighted by Gasteiger charge is 2.31. The molecule has 30 heavy (non-hydrogen) atoms. The largest absolute Gasteiger partial charge is 0.353 e. The van der Waals surface area contributed by atoms with Gasteiger partial charge in [-0.3, -0.25) is 14.8 Å². The Balaban J connectivity index is 1.44. The highest BCUT2D eigenvalue weighted by Crippen LogP contribution is 2.38. The molecule has 1 aliphatic carbocycles.